The van der Waals surface area contributed by atoms with E-state index in [1.165, 1.54) is 17.6 Å². The molecule has 1 heteroatoms. The lowest BCUT2D eigenvalue weighted by Crippen LogP contribution is -1.83. The molecule has 0 atom stereocenters. The fourth-order valence-electron chi connectivity index (χ4n) is 1.29. The van der Waals surface area contributed by atoms with Crippen molar-refractivity contribution in [1.82, 2.24) is 4.98 Å². The Balaban J connectivity index is 2.82. The number of pyridine rings is 1. The summed E-state index contributed by atoms with van der Waals surface area (Å²) in [4.78, 5) is 3.99. The highest BCUT2D eigenvalue weighted by Gasteiger charge is 1.96. The minimum absolute atomic E-state index is 1.15. The third-order valence-corrected chi connectivity index (χ3v) is 1.92. The molecule has 0 amide bonds. The van der Waals surface area contributed by atoms with Crippen molar-refractivity contribution in [3.8, 4) is 0 Å². The molecule has 0 bridgehead atoms. The van der Waals surface area contributed by atoms with Crippen molar-refractivity contribution in [2.75, 3.05) is 0 Å². The van der Waals surface area contributed by atoms with E-state index in [9.17, 15) is 0 Å². The maximum atomic E-state index is 3.99. The van der Waals surface area contributed by atoms with E-state index in [1.807, 2.05) is 12.4 Å². The lowest BCUT2D eigenvalue weighted by atomic mass is 10.0. The van der Waals surface area contributed by atoms with Gasteiger partial charge in [-0.15, -0.1) is 0 Å². The molecule has 1 aromatic rings. The van der Waals surface area contributed by atoms with E-state index < -0.39 is 0 Å². The molecule has 0 radical (unpaired) electrons. The van der Waals surface area contributed by atoms with Crippen LogP contribution in [0.4, 0.5) is 0 Å². The summed E-state index contributed by atoms with van der Waals surface area (Å²) in [5.74, 6) is 0. The van der Waals surface area contributed by atoms with Gasteiger partial charge in [0.2, 0.25) is 0 Å². The van der Waals surface area contributed by atoms with Crippen molar-refractivity contribution in [2.45, 2.75) is 26.7 Å². The van der Waals surface area contributed by atoms with Gasteiger partial charge in [-0.1, -0.05) is 19.4 Å². The highest BCUT2D eigenvalue weighted by Crippen LogP contribution is 2.18. The van der Waals surface area contributed by atoms with Gasteiger partial charge in [-0.25, -0.2) is 0 Å². The summed E-state index contributed by atoms with van der Waals surface area (Å²) in [5.41, 5.74) is 2.72. The van der Waals surface area contributed by atoms with Crippen LogP contribution in [0.5, 0.6) is 0 Å². The smallest absolute Gasteiger partial charge is 0.0273 e. The molecule has 12 heavy (non-hydrogen) atoms. The highest BCUT2D eigenvalue weighted by atomic mass is 14.6. The van der Waals surface area contributed by atoms with Crippen LogP contribution < -0.4 is 0 Å². The molecule has 1 nitrogen and oxygen atoms in total. The molecule has 64 valence electrons. The molecule has 0 aliphatic rings. The van der Waals surface area contributed by atoms with Crippen LogP contribution in [-0.2, 0) is 0 Å². The van der Waals surface area contributed by atoms with Crippen molar-refractivity contribution < 1.29 is 0 Å². The third kappa shape index (κ3) is 2.19. The predicted molar refractivity (Wildman–Crippen MR) is 52.8 cm³/mol. The number of hydrogen-bond acceptors (Lipinski definition) is 1. The summed E-state index contributed by atoms with van der Waals surface area (Å²) in [6.07, 6.45) is 8.21. The quantitative estimate of drug-likeness (QED) is 0.663. The van der Waals surface area contributed by atoms with Crippen molar-refractivity contribution >= 4 is 5.57 Å². The molecule has 0 saturated heterocycles. The van der Waals surface area contributed by atoms with E-state index in [0.717, 1.165) is 6.42 Å². The van der Waals surface area contributed by atoms with E-state index in [1.54, 1.807) is 0 Å². The molecule has 0 spiro atoms. The van der Waals surface area contributed by atoms with Gasteiger partial charge in [0, 0.05) is 12.4 Å². The van der Waals surface area contributed by atoms with Crippen LogP contribution in [-0.4, -0.2) is 4.98 Å². The Morgan fingerprint density at radius 1 is 1.42 bits per heavy atom. The van der Waals surface area contributed by atoms with Crippen LogP contribution in [0.1, 0.15) is 32.3 Å². The summed E-state index contributed by atoms with van der Waals surface area (Å²) in [6.45, 7) is 4.29. The van der Waals surface area contributed by atoms with Crippen LogP contribution in [0.3, 0.4) is 0 Å². The molecule has 0 N–H and O–H groups in total. The molecule has 0 aliphatic heterocycles. The Labute approximate surface area is 74.2 Å². The topological polar surface area (TPSA) is 12.9 Å². The second-order valence-electron chi connectivity index (χ2n) is 2.80. The Morgan fingerprint density at radius 2 is 2.08 bits per heavy atom. The second kappa shape index (κ2) is 4.70. The van der Waals surface area contributed by atoms with Gasteiger partial charge in [0.1, 0.15) is 0 Å². The van der Waals surface area contributed by atoms with Gasteiger partial charge >= 0.3 is 0 Å². The number of allylic oxidation sites excluding steroid dienone is 2. The molecule has 0 saturated carbocycles. The van der Waals surface area contributed by atoms with Gasteiger partial charge in [0.25, 0.3) is 0 Å². The molecule has 0 fully saturated rings. The van der Waals surface area contributed by atoms with Gasteiger partial charge in [0.15, 0.2) is 0 Å². The van der Waals surface area contributed by atoms with E-state index in [4.69, 9.17) is 0 Å². The van der Waals surface area contributed by atoms with Crippen LogP contribution in [0.25, 0.3) is 5.57 Å². The zero-order chi connectivity index (χ0) is 8.81. The lowest BCUT2D eigenvalue weighted by molar-refractivity contribution is 0.971. The standard InChI is InChI=1S/C11H15N/c1-3-5-10(4-2)11-6-8-12-9-7-11/h4,6-9H,3,5H2,1-2H3. The van der Waals surface area contributed by atoms with E-state index in [2.05, 4.69) is 37.0 Å². The average Bonchev–Trinajstić information content (AvgIpc) is 2.15. The number of nitrogens with zero attached hydrogens (tertiary/aromatic N) is 1. The first-order valence-corrected chi connectivity index (χ1v) is 4.44. The molecule has 1 aromatic heterocycles. The SMILES string of the molecule is CC=C(CCC)c1ccncc1. The van der Waals surface area contributed by atoms with Crippen molar-refractivity contribution in [3.63, 3.8) is 0 Å². The number of rotatable bonds is 3. The zero-order valence-corrected chi connectivity index (χ0v) is 7.75. The Morgan fingerprint density at radius 3 is 2.58 bits per heavy atom. The van der Waals surface area contributed by atoms with E-state index in [-0.39, 0.29) is 0 Å². The minimum Gasteiger partial charge on any atom is -0.265 e. The normalized spacial score (nSPS) is 11.7. The molecule has 0 aromatic carbocycles. The Hall–Kier alpha value is -1.11. The van der Waals surface area contributed by atoms with Crippen LogP contribution in [0.15, 0.2) is 30.6 Å². The highest BCUT2D eigenvalue weighted by molar-refractivity contribution is 5.64. The van der Waals surface area contributed by atoms with Gasteiger partial charge in [-0.3, -0.25) is 4.98 Å². The first-order valence-electron chi connectivity index (χ1n) is 4.44. The van der Waals surface area contributed by atoms with Gasteiger partial charge in [-0.2, -0.15) is 0 Å². The maximum Gasteiger partial charge on any atom is 0.0273 e. The summed E-state index contributed by atoms with van der Waals surface area (Å²) in [5, 5.41) is 0. The average molecular weight is 161 g/mol. The Bertz CT molecular complexity index is 249. The summed E-state index contributed by atoms with van der Waals surface area (Å²) >= 11 is 0. The monoisotopic (exact) mass is 161 g/mol. The number of hydrogen-bond donors (Lipinski definition) is 0. The van der Waals surface area contributed by atoms with Gasteiger partial charge < -0.3 is 0 Å². The largest absolute Gasteiger partial charge is 0.265 e. The minimum atomic E-state index is 1.15. The maximum absolute atomic E-state index is 3.99. The zero-order valence-electron chi connectivity index (χ0n) is 7.75. The van der Waals surface area contributed by atoms with E-state index >= 15 is 0 Å². The lowest BCUT2D eigenvalue weighted by Gasteiger charge is -2.03. The van der Waals surface area contributed by atoms with E-state index in [0.29, 0.717) is 0 Å². The van der Waals surface area contributed by atoms with Crippen molar-refractivity contribution in [1.29, 1.82) is 0 Å². The Kier molecular flexibility index (Phi) is 3.52. The van der Waals surface area contributed by atoms with Crippen molar-refractivity contribution in [3.05, 3.63) is 36.2 Å². The summed E-state index contributed by atoms with van der Waals surface area (Å²) < 4.78 is 0. The molecule has 0 aliphatic carbocycles. The fourth-order valence-corrected chi connectivity index (χ4v) is 1.29. The second-order valence-corrected chi connectivity index (χ2v) is 2.80. The summed E-state index contributed by atoms with van der Waals surface area (Å²) in [7, 11) is 0. The summed E-state index contributed by atoms with van der Waals surface area (Å²) in [6, 6.07) is 4.12. The molecule has 1 rings (SSSR count). The fraction of sp³-hybridized carbons (Fsp3) is 0.364. The molecule has 1 heterocycles. The van der Waals surface area contributed by atoms with Crippen LogP contribution in [0.2, 0.25) is 0 Å². The first-order chi connectivity index (χ1) is 5.88. The van der Waals surface area contributed by atoms with Gasteiger partial charge in [-0.05, 0) is 36.6 Å². The first kappa shape index (κ1) is 8.98. The molecule has 0 unspecified atom stereocenters. The van der Waals surface area contributed by atoms with Crippen LogP contribution in [0, 0.1) is 0 Å². The molecular weight excluding hydrogens is 146 g/mol. The molecular formula is C11H15N. The van der Waals surface area contributed by atoms with Gasteiger partial charge in [0.05, 0.1) is 0 Å². The van der Waals surface area contributed by atoms with Crippen molar-refractivity contribution in [2.24, 2.45) is 0 Å². The number of aromatic nitrogens is 1. The predicted octanol–water partition coefficient (Wildman–Crippen LogP) is 3.29. The van der Waals surface area contributed by atoms with Crippen LogP contribution >= 0.6 is 0 Å². The third-order valence-electron chi connectivity index (χ3n) is 1.92.